The van der Waals surface area contributed by atoms with Crippen LogP contribution < -0.4 is 10.1 Å². The lowest BCUT2D eigenvalue weighted by atomic mass is 10.1. The van der Waals surface area contributed by atoms with Crippen LogP contribution in [-0.2, 0) is 0 Å². The molecular formula is C20H24N4O. The van der Waals surface area contributed by atoms with Gasteiger partial charge in [0.25, 0.3) is 0 Å². The molecule has 3 rings (SSSR count). The Kier molecular flexibility index (Phi) is 5.46. The van der Waals surface area contributed by atoms with E-state index in [0.717, 1.165) is 47.5 Å². The summed E-state index contributed by atoms with van der Waals surface area (Å²) in [5, 5.41) is 4.51. The van der Waals surface area contributed by atoms with Gasteiger partial charge in [-0.05, 0) is 51.3 Å². The largest absolute Gasteiger partial charge is 0.497 e. The van der Waals surface area contributed by atoms with Gasteiger partial charge in [0.15, 0.2) is 5.82 Å². The Hall–Kier alpha value is -2.66. The van der Waals surface area contributed by atoms with E-state index in [1.165, 1.54) is 0 Å². The summed E-state index contributed by atoms with van der Waals surface area (Å²) in [5.74, 6) is 2.38. The summed E-state index contributed by atoms with van der Waals surface area (Å²) in [6.07, 6.45) is 1.06. The lowest BCUT2D eigenvalue weighted by molar-refractivity contribution is 0.405. The van der Waals surface area contributed by atoms with E-state index in [2.05, 4.69) is 30.4 Å². The maximum atomic E-state index is 5.32. The predicted octanol–water partition coefficient (Wildman–Crippen LogP) is 3.67. The van der Waals surface area contributed by atoms with E-state index in [1.807, 2.05) is 42.5 Å². The summed E-state index contributed by atoms with van der Waals surface area (Å²) in [7, 11) is 5.83. The molecule has 0 aliphatic rings. The second-order valence-corrected chi connectivity index (χ2v) is 6.23. The van der Waals surface area contributed by atoms with E-state index in [0.29, 0.717) is 5.82 Å². The van der Waals surface area contributed by atoms with Crippen LogP contribution in [0.15, 0.2) is 48.5 Å². The van der Waals surface area contributed by atoms with Crippen molar-refractivity contribution in [2.75, 3.05) is 39.6 Å². The molecule has 0 amide bonds. The lowest BCUT2D eigenvalue weighted by Crippen LogP contribution is -2.16. The number of ether oxygens (including phenoxy) is 1. The molecular weight excluding hydrogens is 312 g/mol. The zero-order chi connectivity index (χ0) is 17.6. The van der Waals surface area contributed by atoms with Gasteiger partial charge >= 0.3 is 0 Å². The van der Waals surface area contributed by atoms with Gasteiger partial charge in [0.1, 0.15) is 11.6 Å². The number of methoxy groups -OCH3 is 1. The van der Waals surface area contributed by atoms with Gasteiger partial charge in [0.05, 0.1) is 12.6 Å². The van der Waals surface area contributed by atoms with Crippen LogP contribution in [0.5, 0.6) is 5.75 Å². The molecule has 1 aromatic heterocycles. The molecule has 0 radical (unpaired) electrons. The van der Waals surface area contributed by atoms with Gasteiger partial charge in [0.2, 0.25) is 0 Å². The van der Waals surface area contributed by atoms with Gasteiger partial charge in [-0.2, -0.15) is 0 Å². The maximum absolute atomic E-state index is 5.32. The summed E-state index contributed by atoms with van der Waals surface area (Å²) in [5.41, 5.74) is 1.88. The Labute approximate surface area is 148 Å². The third kappa shape index (κ3) is 4.25. The number of hydrogen-bond acceptors (Lipinski definition) is 5. The molecule has 0 atom stereocenters. The van der Waals surface area contributed by atoms with Gasteiger partial charge in [-0.1, -0.05) is 24.3 Å². The van der Waals surface area contributed by atoms with Crippen molar-refractivity contribution >= 4 is 16.7 Å². The average molecular weight is 336 g/mol. The van der Waals surface area contributed by atoms with Crippen LogP contribution in [0.25, 0.3) is 22.3 Å². The SMILES string of the molecule is COc1cccc(-c2nc(NCCCN(C)C)c3ccccc3n2)c1. The Morgan fingerprint density at radius 2 is 1.88 bits per heavy atom. The van der Waals surface area contributed by atoms with Crippen LogP contribution in [0, 0.1) is 0 Å². The molecule has 0 saturated heterocycles. The Morgan fingerprint density at radius 3 is 2.68 bits per heavy atom. The van der Waals surface area contributed by atoms with Gasteiger partial charge in [-0.15, -0.1) is 0 Å². The first-order valence-corrected chi connectivity index (χ1v) is 8.47. The molecule has 1 N–H and O–H groups in total. The number of nitrogens with zero attached hydrogens (tertiary/aromatic N) is 3. The molecule has 25 heavy (non-hydrogen) atoms. The van der Waals surface area contributed by atoms with Crippen LogP contribution in [0.1, 0.15) is 6.42 Å². The number of anilines is 1. The first kappa shape index (κ1) is 17.2. The van der Waals surface area contributed by atoms with Gasteiger partial charge in [0, 0.05) is 17.5 Å². The zero-order valence-electron chi connectivity index (χ0n) is 15.0. The third-order valence-corrected chi connectivity index (χ3v) is 4.01. The number of fused-ring (bicyclic) bond motifs is 1. The van der Waals surface area contributed by atoms with E-state index in [9.17, 15) is 0 Å². The first-order valence-electron chi connectivity index (χ1n) is 8.47. The van der Waals surface area contributed by atoms with E-state index >= 15 is 0 Å². The minimum absolute atomic E-state index is 0.702. The van der Waals surface area contributed by atoms with Crippen LogP contribution in [0.2, 0.25) is 0 Å². The highest BCUT2D eigenvalue weighted by Gasteiger charge is 2.09. The monoisotopic (exact) mass is 336 g/mol. The second kappa shape index (κ2) is 7.94. The van der Waals surface area contributed by atoms with Gasteiger partial charge < -0.3 is 15.0 Å². The van der Waals surface area contributed by atoms with Crippen molar-refractivity contribution in [3.63, 3.8) is 0 Å². The predicted molar refractivity (Wildman–Crippen MR) is 103 cm³/mol. The number of aromatic nitrogens is 2. The van der Waals surface area contributed by atoms with E-state index in [4.69, 9.17) is 14.7 Å². The smallest absolute Gasteiger partial charge is 0.162 e. The highest BCUT2D eigenvalue weighted by molar-refractivity contribution is 5.90. The fourth-order valence-electron chi connectivity index (χ4n) is 2.70. The van der Waals surface area contributed by atoms with E-state index in [1.54, 1.807) is 7.11 Å². The summed E-state index contributed by atoms with van der Waals surface area (Å²) in [6, 6.07) is 15.9. The molecule has 1 heterocycles. The third-order valence-electron chi connectivity index (χ3n) is 4.01. The standard InChI is InChI=1S/C20H24N4O/c1-24(2)13-7-12-21-20-17-10-4-5-11-18(17)22-19(23-20)15-8-6-9-16(14-15)25-3/h4-6,8-11,14H,7,12-13H2,1-3H3,(H,21,22,23). The minimum Gasteiger partial charge on any atom is -0.497 e. The van der Waals surface area contributed by atoms with Gasteiger partial charge in [-0.3, -0.25) is 0 Å². The molecule has 5 nitrogen and oxygen atoms in total. The molecule has 0 fully saturated rings. The topological polar surface area (TPSA) is 50.3 Å². The van der Waals surface area contributed by atoms with Crippen molar-refractivity contribution < 1.29 is 4.74 Å². The average Bonchev–Trinajstić information content (AvgIpc) is 2.64. The Bertz CT molecular complexity index is 848. The van der Waals surface area contributed by atoms with Crippen LogP contribution in [0.3, 0.4) is 0 Å². The van der Waals surface area contributed by atoms with Crippen molar-refractivity contribution in [3.05, 3.63) is 48.5 Å². The molecule has 0 bridgehead atoms. The summed E-state index contributed by atoms with van der Waals surface area (Å²) < 4.78 is 5.32. The fourth-order valence-corrected chi connectivity index (χ4v) is 2.70. The van der Waals surface area contributed by atoms with Crippen LogP contribution >= 0.6 is 0 Å². The van der Waals surface area contributed by atoms with Crippen LogP contribution in [0.4, 0.5) is 5.82 Å². The lowest BCUT2D eigenvalue weighted by Gasteiger charge is -2.13. The van der Waals surface area contributed by atoms with E-state index < -0.39 is 0 Å². The van der Waals surface area contributed by atoms with Crippen LogP contribution in [-0.4, -0.2) is 49.2 Å². The molecule has 0 spiro atoms. The van der Waals surface area contributed by atoms with Crippen molar-refractivity contribution in [1.29, 1.82) is 0 Å². The number of hydrogen-bond donors (Lipinski definition) is 1. The molecule has 0 unspecified atom stereocenters. The first-order chi connectivity index (χ1) is 12.2. The fraction of sp³-hybridized carbons (Fsp3) is 0.300. The quantitative estimate of drug-likeness (QED) is 0.667. The molecule has 0 saturated carbocycles. The summed E-state index contributed by atoms with van der Waals surface area (Å²) in [6.45, 7) is 1.91. The normalized spacial score (nSPS) is 11.0. The molecule has 0 aliphatic heterocycles. The van der Waals surface area contributed by atoms with E-state index in [-0.39, 0.29) is 0 Å². The Balaban J connectivity index is 1.94. The highest BCUT2D eigenvalue weighted by atomic mass is 16.5. The summed E-state index contributed by atoms with van der Waals surface area (Å²) in [4.78, 5) is 11.7. The number of benzene rings is 2. The second-order valence-electron chi connectivity index (χ2n) is 6.23. The molecule has 130 valence electrons. The minimum atomic E-state index is 0.702. The van der Waals surface area contributed by atoms with Crippen molar-refractivity contribution in [1.82, 2.24) is 14.9 Å². The molecule has 5 heteroatoms. The molecule has 3 aromatic rings. The number of para-hydroxylation sites is 1. The highest BCUT2D eigenvalue weighted by Crippen LogP contribution is 2.26. The zero-order valence-corrected chi connectivity index (χ0v) is 15.0. The Morgan fingerprint density at radius 1 is 1.04 bits per heavy atom. The van der Waals surface area contributed by atoms with Crippen molar-refractivity contribution in [2.45, 2.75) is 6.42 Å². The van der Waals surface area contributed by atoms with Crippen molar-refractivity contribution in [3.8, 4) is 17.1 Å². The summed E-state index contributed by atoms with van der Waals surface area (Å²) >= 11 is 0. The number of nitrogens with one attached hydrogen (secondary N) is 1. The molecule has 0 aliphatic carbocycles. The van der Waals surface area contributed by atoms with Crippen molar-refractivity contribution in [2.24, 2.45) is 0 Å². The number of rotatable bonds is 7. The van der Waals surface area contributed by atoms with Gasteiger partial charge in [-0.25, -0.2) is 9.97 Å². The maximum Gasteiger partial charge on any atom is 0.162 e. The molecule has 2 aromatic carbocycles.